The van der Waals surface area contributed by atoms with Gasteiger partial charge in [-0.1, -0.05) is 49.7 Å². The summed E-state index contributed by atoms with van der Waals surface area (Å²) in [7, 11) is 3.10. The molecule has 0 spiro atoms. The molecule has 2 amide bonds. The second-order valence-electron chi connectivity index (χ2n) is 10.0. The third-order valence-electron chi connectivity index (χ3n) is 6.96. The van der Waals surface area contributed by atoms with E-state index in [9.17, 15) is 14.7 Å². The third-order valence-corrected chi connectivity index (χ3v) is 7.25. The molecule has 0 aliphatic carbocycles. The van der Waals surface area contributed by atoms with E-state index >= 15 is 4.39 Å². The Morgan fingerprint density at radius 1 is 1.23 bits per heavy atom. The van der Waals surface area contributed by atoms with E-state index in [-0.39, 0.29) is 39.8 Å². The topological polar surface area (TPSA) is 107 Å². The lowest BCUT2D eigenvalue weighted by Gasteiger charge is -2.34. The van der Waals surface area contributed by atoms with E-state index in [1.54, 1.807) is 25.3 Å². The van der Waals surface area contributed by atoms with Gasteiger partial charge in [0.25, 0.3) is 0 Å². The van der Waals surface area contributed by atoms with Crippen LogP contribution < -0.4 is 15.0 Å². The second kappa shape index (κ2) is 15.2. The van der Waals surface area contributed by atoms with Crippen LogP contribution in [0.1, 0.15) is 44.2 Å². The van der Waals surface area contributed by atoms with Gasteiger partial charge in [0.05, 0.1) is 34.6 Å². The molecule has 3 rings (SSSR count). The van der Waals surface area contributed by atoms with Crippen LogP contribution >= 0.6 is 11.6 Å². The molecule has 0 fully saturated rings. The summed E-state index contributed by atoms with van der Waals surface area (Å²) in [5.74, 6) is -0.200. The first-order chi connectivity index (χ1) is 20.6. The second-order valence-corrected chi connectivity index (χ2v) is 10.5. The minimum atomic E-state index is -0.739. The molecular weight excluding hydrogens is 573 g/mol. The number of aromatic nitrogens is 1. The summed E-state index contributed by atoms with van der Waals surface area (Å²) in [5, 5.41) is 13.3. The van der Waals surface area contributed by atoms with E-state index in [0.717, 1.165) is 5.56 Å². The molecule has 11 heteroatoms. The highest BCUT2D eigenvalue weighted by Gasteiger charge is 2.30. The number of benzene rings is 2. The van der Waals surface area contributed by atoms with Crippen molar-refractivity contribution in [3.05, 3.63) is 77.1 Å². The average Bonchev–Trinajstić information content (AvgIpc) is 2.99. The van der Waals surface area contributed by atoms with Crippen molar-refractivity contribution in [2.45, 2.75) is 39.2 Å². The van der Waals surface area contributed by atoms with E-state index < -0.39 is 5.82 Å². The van der Waals surface area contributed by atoms with Gasteiger partial charge in [-0.15, -0.1) is 6.58 Å². The van der Waals surface area contributed by atoms with E-state index in [4.69, 9.17) is 21.3 Å². The number of nitrogens with zero attached hydrogens (tertiary/aromatic N) is 4. The Morgan fingerprint density at radius 2 is 1.95 bits per heavy atom. The van der Waals surface area contributed by atoms with Crippen LogP contribution in [0.2, 0.25) is 5.02 Å². The molecule has 0 aliphatic heterocycles. The Balaban J connectivity index is 2.44. The van der Waals surface area contributed by atoms with Crippen molar-refractivity contribution >= 4 is 41.8 Å². The minimum absolute atomic E-state index is 0.0174. The lowest BCUT2D eigenvalue weighted by Crippen LogP contribution is -2.45. The number of nitrogens with one attached hydrogen (secondary N) is 1. The Labute approximate surface area is 256 Å². The van der Waals surface area contributed by atoms with Gasteiger partial charge in [0.1, 0.15) is 23.2 Å². The number of pyridine rings is 1. The first-order valence-corrected chi connectivity index (χ1v) is 14.1. The lowest BCUT2D eigenvalue weighted by atomic mass is 9.99. The number of aromatic hydroxyl groups is 1. The van der Waals surface area contributed by atoms with E-state index in [1.165, 1.54) is 30.2 Å². The van der Waals surface area contributed by atoms with Crippen LogP contribution in [0, 0.1) is 5.82 Å². The summed E-state index contributed by atoms with van der Waals surface area (Å²) in [5.41, 5.74) is 1.33. The molecule has 2 N–H and O–H groups in total. The summed E-state index contributed by atoms with van der Waals surface area (Å²) in [6, 6.07) is 10.6. The fraction of sp³-hybridized carbons (Fsp3) is 0.312. The Kier molecular flexibility index (Phi) is 11.7. The van der Waals surface area contributed by atoms with Crippen molar-refractivity contribution in [1.29, 1.82) is 0 Å². The summed E-state index contributed by atoms with van der Waals surface area (Å²) >= 11 is 6.77. The van der Waals surface area contributed by atoms with E-state index in [1.807, 2.05) is 37.8 Å². The maximum atomic E-state index is 15.1. The number of hydrogen-bond donors (Lipinski definition) is 2. The number of phenols is 1. The van der Waals surface area contributed by atoms with Crippen LogP contribution in [0.15, 0.2) is 60.1 Å². The highest BCUT2D eigenvalue weighted by molar-refractivity contribution is 6.33. The van der Waals surface area contributed by atoms with Crippen molar-refractivity contribution in [2.24, 2.45) is 4.99 Å². The third kappa shape index (κ3) is 7.14. The average molecular weight is 610 g/mol. The molecule has 2 aromatic carbocycles. The predicted octanol–water partition coefficient (Wildman–Crippen LogP) is 6.06. The molecule has 0 saturated carbocycles. The van der Waals surface area contributed by atoms with E-state index in [0.29, 0.717) is 55.2 Å². The SMILES string of the molecule is C=CCCN(C(=NC)c1cc(Cl)c(-c2c(O)cccc2F)nc1N(C=O)c1c(OC)cccc1C(C)C)C(C)CNC=O. The van der Waals surface area contributed by atoms with Gasteiger partial charge in [-0.3, -0.25) is 19.5 Å². The molecule has 1 aromatic heterocycles. The van der Waals surface area contributed by atoms with Crippen molar-refractivity contribution in [2.75, 3.05) is 32.1 Å². The summed E-state index contributed by atoms with van der Waals surface area (Å²) < 4.78 is 20.8. The first-order valence-electron chi connectivity index (χ1n) is 13.8. The fourth-order valence-corrected chi connectivity index (χ4v) is 5.13. The molecule has 0 aliphatic rings. The van der Waals surface area contributed by atoms with E-state index in [2.05, 4.69) is 16.9 Å². The molecule has 0 radical (unpaired) electrons. The zero-order valence-electron chi connectivity index (χ0n) is 25.0. The number of para-hydroxylation sites is 1. The number of phenolic OH excluding ortho intramolecular Hbond substituents is 1. The number of methoxy groups -OCH3 is 1. The van der Waals surface area contributed by atoms with Gasteiger partial charge in [0.2, 0.25) is 12.8 Å². The lowest BCUT2D eigenvalue weighted by molar-refractivity contribution is -0.109. The van der Waals surface area contributed by atoms with Gasteiger partial charge in [0.15, 0.2) is 5.82 Å². The first kappa shape index (κ1) is 33.1. The maximum Gasteiger partial charge on any atom is 0.220 e. The van der Waals surface area contributed by atoms with Gasteiger partial charge in [0, 0.05) is 26.2 Å². The molecule has 3 aromatic rings. The van der Waals surface area contributed by atoms with Crippen LogP contribution in [0.5, 0.6) is 11.5 Å². The Morgan fingerprint density at radius 3 is 2.53 bits per heavy atom. The number of ether oxygens (including phenoxy) is 1. The highest BCUT2D eigenvalue weighted by atomic mass is 35.5. The smallest absolute Gasteiger partial charge is 0.220 e. The van der Waals surface area contributed by atoms with Gasteiger partial charge in [-0.2, -0.15) is 0 Å². The van der Waals surface area contributed by atoms with Crippen LogP contribution in [0.3, 0.4) is 0 Å². The number of halogens is 2. The van der Waals surface area contributed by atoms with Crippen molar-refractivity contribution in [3.63, 3.8) is 0 Å². The number of carbonyl (C=O) groups is 2. The van der Waals surface area contributed by atoms with Crippen LogP contribution in [-0.2, 0) is 9.59 Å². The number of amides is 2. The zero-order chi connectivity index (χ0) is 31.7. The normalized spacial score (nSPS) is 12.0. The monoisotopic (exact) mass is 609 g/mol. The number of aliphatic imine (C=N–C) groups is 1. The number of carbonyl (C=O) groups excluding carboxylic acids is 2. The van der Waals surface area contributed by atoms with Crippen LogP contribution in [0.25, 0.3) is 11.3 Å². The molecule has 1 heterocycles. The van der Waals surface area contributed by atoms with Gasteiger partial charge in [-0.05, 0) is 49.1 Å². The predicted molar refractivity (Wildman–Crippen MR) is 169 cm³/mol. The minimum Gasteiger partial charge on any atom is -0.507 e. The standard InChI is InChI=1S/C32H37ClFN5O4/c1-7-8-15-38(21(4)17-36-18-40)31(35-5)23-16-24(33)29(28-25(34)12-10-13-26(28)42)37-32(23)39(19-41)30-22(20(2)3)11-9-14-27(30)43-6/h7,9-14,16,18-21,42H,1,8,15,17H2,2-6H3,(H,36,40). The molecule has 0 bridgehead atoms. The summed E-state index contributed by atoms with van der Waals surface area (Å²) in [6.07, 6.45) is 3.57. The van der Waals surface area contributed by atoms with Gasteiger partial charge < -0.3 is 20.1 Å². The quantitative estimate of drug-likeness (QED) is 0.0995. The molecule has 1 atom stereocenters. The molecule has 228 valence electrons. The van der Waals surface area contributed by atoms with Gasteiger partial charge in [-0.25, -0.2) is 9.37 Å². The highest BCUT2D eigenvalue weighted by Crippen LogP contribution is 2.43. The fourth-order valence-electron chi connectivity index (χ4n) is 4.88. The van der Waals surface area contributed by atoms with Gasteiger partial charge >= 0.3 is 0 Å². The summed E-state index contributed by atoms with van der Waals surface area (Å²) in [4.78, 5) is 36.8. The Bertz CT molecular complexity index is 1480. The number of amidine groups is 1. The molecular formula is C32H37ClFN5O4. The van der Waals surface area contributed by atoms with Crippen LogP contribution in [0.4, 0.5) is 15.9 Å². The number of hydrogen-bond acceptors (Lipinski definition) is 6. The molecule has 1 unspecified atom stereocenters. The molecule has 43 heavy (non-hydrogen) atoms. The van der Waals surface area contributed by atoms with Crippen LogP contribution in [-0.4, -0.2) is 66.9 Å². The zero-order valence-corrected chi connectivity index (χ0v) is 25.7. The Hall–Kier alpha value is -4.44. The number of rotatable bonds is 14. The van der Waals surface area contributed by atoms with Crippen molar-refractivity contribution < 1.29 is 23.8 Å². The van der Waals surface area contributed by atoms with Crippen molar-refractivity contribution in [3.8, 4) is 22.8 Å². The largest absolute Gasteiger partial charge is 0.507 e. The molecule has 0 saturated heterocycles. The number of anilines is 2. The molecule has 9 nitrogen and oxygen atoms in total. The maximum absolute atomic E-state index is 15.1. The summed E-state index contributed by atoms with van der Waals surface area (Å²) in [6.45, 7) is 10.5. The van der Waals surface area contributed by atoms with Crippen molar-refractivity contribution in [1.82, 2.24) is 15.2 Å².